The predicted molar refractivity (Wildman–Crippen MR) is 115 cm³/mol. The lowest BCUT2D eigenvalue weighted by Crippen LogP contribution is -2.45. The standard InChI is InChI=1S/C23H33N3O/c1-4-11-24-23-18-21(6-5-19(23)2)20-7-9-22(10-8-20)27-17-16-26-14-12-25(3)13-15-26/h5-10,18,24H,4,11-17H2,1-3H3. The van der Waals surface area contributed by atoms with Crippen molar-refractivity contribution in [1.82, 2.24) is 9.80 Å². The second kappa shape index (κ2) is 9.77. The highest BCUT2D eigenvalue weighted by Crippen LogP contribution is 2.27. The molecule has 27 heavy (non-hydrogen) atoms. The van der Waals surface area contributed by atoms with Crippen LogP contribution in [0.1, 0.15) is 18.9 Å². The van der Waals surface area contributed by atoms with E-state index < -0.39 is 0 Å². The number of nitrogens with zero attached hydrogens (tertiary/aromatic N) is 2. The van der Waals surface area contributed by atoms with Crippen molar-refractivity contribution in [1.29, 1.82) is 0 Å². The molecule has 3 rings (SSSR count). The average molecular weight is 368 g/mol. The van der Waals surface area contributed by atoms with Crippen LogP contribution in [0.2, 0.25) is 0 Å². The molecule has 1 fully saturated rings. The molecule has 0 bridgehead atoms. The predicted octanol–water partition coefficient (Wildman–Crippen LogP) is 4.11. The Bertz CT molecular complexity index is 706. The van der Waals surface area contributed by atoms with Crippen molar-refractivity contribution >= 4 is 5.69 Å². The molecule has 1 aliphatic rings. The zero-order chi connectivity index (χ0) is 19.1. The van der Waals surface area contributed by atoms with E-state index in [-0.39, 0.29) is 0 Å². The van der Waals surface area contributed by atoms with E-state index in [4.69, 9.17) is 4.74 Å². The van der Waals surface area contributed by atoms with Gasteiger partial charge in [-0.1, -0.05) is 31.2 Å². The monoisotopic (exact) mass is 367 g/mol. The molecule has 2 aromatic rings. The van der Waals surface area contributed by atoms with Crippen LogP contribution >= 0.6 is 0 Å². The fraction of sp³-hybridized carbons (Fsp3) is 0.478. The van der Waals surface area contributed by atoms with Gasteiger partial charge in [-0.25, -0.2) is 0 Å². The van der Waals surface area contributed by atoms with Gasteiger partial charge in [0.15, 0.2) is 0 Å². The van der Waals surface area contributed by atoms with Crippen LogP contribution in [-0.4, -0.2) is 62.7 Å². The third kappa shape index (κ3) is 5.72. The topological polar surface area (TPSA) is 27.7 Å². The summed E-state index contributed by atoms with van der Waals surface area (Å²) in [6.07, 6.45) is 1.13. The summed E-state index contributed by atoms with van der Waals surface area (Å²) in [5, 5.41) is 3.51. The summed E-state index contributed by atoms with van der Waals surface area (Å²) in [6, 6.07) is 15.1. The number of ether oxygens (including phenoxy) is 1. The smallest absolute Gasteiger partial charge is 0.119 e. The van der Waals surface area contributed by atoms with Crippen molar-refractivity contribution < 1.29 is 4.74 Å². The van der Waals surface area contributed by atoms with Gasteiger partial charge in [-0.05, 0) is 55.3 Å². The van der Waals surface area contributed by atoms with Crippen LogP contribution in [0.3, 0.4) is 0 Å². The normalized spacial score (nSPS) is 15.7. The molecule has 0 aliphatic carbocycles. The number of piperazine rings is 1. The van der Waals surface area contributed by atoms with Crippen LogP contribution in [0.5, 0.6) is 5.75 Å². The van der Waals surface area contributed by atoms with E-state index in [1.807, 2.05) is 0 Å². The molecule has 146 valence electrons. The molecule has 2 aromatic carbocycles. The lowest BCUT2D eigenvalue weighted by atomic mass is 10.0. The van der Waals surface area contributed by atoms with E-state index in [0.717, 1.165) is 58.0 Å². The minimum atomic E-state index is 0.749. The Kier molecular flexibility index (Phi) is 7.13. The summed E-state index contributed by atoms with van der Waals surface area (Å²) in [5.41, 5.74) is 4.97. The summed E-state index contributed by atoms with van der Waals surface area (Å²) < 4.78 is 5.95. The molecular weight excluding hydrogens is 334 g/mol. The fourth-order valence-corrected chi connectivity index (χ4v) is 3.36. The van der Waals surface area contributed by atoms with Gasteiger partial charge in [0.25, 0.3) is 0 Å². The molecule has 1 aliphatic heterocycles. The molecule has 1 saturated heterocycles. The summed E-state index contributed by atoms with van der Waals surface area (Å²) in [5.74, 6) is 0.948. The maximum Gasteiger partial charge on any atom is 0.119 e. The summed E-state index contributed by atoms with van der Waals surface area (Å²) >= 11 is 0. The molecule has 4 heteroatoms. The van der Waals surface area contributed by atoms with Crippen molar-refractivity contribution in [3.8, 4) is 16.9 Å². The van der Waals surface area contributed by atoms with Gasteiger partial charge in [0.05, 0.1) is 0 Å². The summed E-state index contributed by atoms with van der Waals surface area (Å²) in [4.78, 5) is 4.86. The average Bonchev–Trinajstić information content (AvgIpc) is 2.69. The zero-order valence-electron chi connectivity index (χ0n) is 17.0. The molecule has 0 amide bonds. The van der Waals surface area contributed by atoms with E-state index in [1.165, 1.54) is 22.4 Å². The van der Waals surface area contributed by atoms with Crippen molar-refractivity contribution in [2.75, 3.05) is 58.2 Å². The molecule has 0 unspecified atom stereocenters. The Morgan fingerprint density at radius 3 is 2.37 bits per heavy atom. The van der Waals surface area contributed by atoms with Gasteiger partial charge in [-0.15, -0.1) is 0 Å². The van der Waals surface area contributed by atoms with E-state index in [2.05, 4.69) is 78.5 Å². The molecule has 0 atom stereocenters. The van der Waals surface area contributed by atoms with Crippen molar-refractivity contribution in [3.63, 3.8) is 0 Å². The van der Waals surface area contributed by atoms with Gasteiger partial charge in [-0.3, -0.25) is 4.90 Å². The van der Waals surface area contributed by atoms with Gasteiger partial charge < -0.3 is 15.0 Å². The number of rotatable bonds is 8. The third-order valence-corrected chi connectivity index (χ3v) is 5.26. The van der Waals surface area contributed by atoms with Gasteiger partial charge in [0.1, 0.15) is 12.4 Å². The van der Waals surface area contributed by atoms with Crippen LogP contribution < -0.4 is 10.1 Å². The fourth-order valence-electron chi connectivity index (χ4n) is 3.36. The van der Waals surface area contributed by atoms with Crippen LogP contribution in [0.15, 0.2) is 42.5 Å². The quantitative estimate of drug-likeness (QED) is 0.760. The second-order valence-corrected chi connectivity index (χ2v) is 7.47. The van der Waals surface area contributed by atoms with Gasteiger partial charge in [-0.2, -0.15) is 0 Å². The van der Waals surface area contributed by atoms with Crippen LogP contribution in [0.4, 0.5) is 5.69 Å². The molecule has 4 nitrogen and oxygen atoms in total. The minimum absolute atomic E-state index is 0.749. The second-order valence-electron chi connectivity index (χ2n) is 7.47. The SMILES string of the molecule is CCCNc1cc(-c2ccc(OCCN3CCN(C)CC3)cc2)ccc1C. The zero-order valence-corrected chi connectivity index (χ0v) is 17.0. The van der Waals surface area contributed by atoms with E-state index in [0.29, 0.717) is 0 Å². The Balaban J connectivity index is 1.54. The van der Waals surface area contributed by atoms with Crippen molar-refractivity contribution in [3.05, 3.63) is 48.0 Å². The maximum absolute atomic E-state index is 5.95. The highest BCUT2D eigenvalue weighted by atomic mass is 16.5. The first kappa shape index (κ1) is 19.7. The molecule has 0 saturated carbocycles. The van der Waals surface area contributed by atoms with Crippen molar-refractivity contribution in [2.45, 2.75) is 20.3 Å². The molecule has 0 radical (unpaired) electrons. The number of aryl methyl sites for hydroxylation is 1. The molecule has 0 spiro atoms. The Labute approximate surface area is 164 Å². The summed E-state index contributed by atoms with van der Waals surface area (Å²) in [6.45, 7) is 11.7. The maximum atomic E-state index is 5.95. The van der Waals surface area contributed by atoms with E-state index in [1.54, 1.807) is 0 Å². The summed E-state index contributed by atoms with van der Waals surface area (Å²) in [7, 11) is 2.19. The van der Waals surface area contributed by atoms with E-state index >= 15 is 0 Å². The van der Waals surface area contributed by atoms with Gasteiger partial charge >= 0.3 is 0 Å². The number of hydrogen-bond donors (Lipinski definition) is 1. The lowest BCUT2D eigenvalue weighted by Gasteiger charge is -2.32. The molecular formula is C23H33N3O. The molecule has 1 heterocycles. The largest absolute Gasteiger partial charge is 0.492 e. The highest BCUT2D eigenvalue weighted by molar-refractivity contribution is 5.70. The minimum Gasteiger partial charge on any atom is -0.492 e. The Morgan fingerprint density at radius 2 is 1.67 bits per heavy atom. The molecule has 1 N–H and O–H groups in total. The number of anilines is 1. The highest BCUT2D eigenvalue weighted by Gasteiger charge is 2.13. The van der Waals surface area contributed by atoms with Gasteiger partial charge in [0, 0.05) is 45.0 Å². The van der Waals surface area contributed by atoms with Crippen LogP contribution in [-0.2, 0) is 0 Å². The number of likely N-dealkylation sites (N-methyl/N-ethyl adjacent to an activating group) is 1. The first-order valence-corrected chi connectivity index (χ1v) is 10.1. The van der Waals surface area contributed by atoms with E-state index in [9.17, 15) is 0 Å². The molecule has 0 aromatic heterocycles. The first-order valence-electron chi connectivity index (χ1n) is 10.1. The number of benzene rings is 2. The number of nitrogens with one attached hydrogen (secondary N) is 1. The third-order valence-electron chi connectivity index (χ3n) is 5.26. The lowest BCUT2D eigenvalue weighted by molar-refractivity contribution is 0.134. The number of hydrogen-bond acceptors (Lipinski definition) is 4. The van der Waals surface area contributed by atoms with Crippen molar-refractivity contribution in [2.24, 2.45) is 0 Å². The Morgan fingerprint density at radius 1 is 0.963 bits per heavy atom. The van der Waals surface area contributed by atoms with Crippen LogP contribution in [0.25, 0.3) is 11.1 Å². The Hall–Kier alpha value is -2.04. The van der Waals surface area contributed by atoms with Crippen LogP contribution in [0, 0.1) is 6.92 Å². The van der Waals surface area contributed by atoms with Gasteiger partial charge in [0.2, 0.25) is 0 Å². The first-order chi connectivity index (χ1) is 13.2.